The highest BCUT2D eigenvalue weighted by Crippen LogP contribution is 2.50. The number of rotatable bonds is 8. The number of nitro groups is 2. The second-order valence-electron chi connectivity index (χ2n) is 5.38. The molecule has 2 aromatic rings. The Morgan fingerprint density at radius 2 is 1.11 bits per heavy atom. The normalized spacial score (nSPS) is 11.0. The Balaban J connectivity index is 2.59. The molecule has 0 aliphatic rings. The second kappa shape index (κ2) is 8.31. The first-order valence-corrected chi connectivity index (χ1v) is 9.19. The smallest absolute Gasteiger partial charge is 0.282 e. The Morgan fingerprint density at radius 1 is 0.778 bits per heavy atom. The number of carbonyl (C=O) groups is 2. The van der Waals surface area contributed by atoms with Gasteiger partial charge in [0.05, 0.1) is 19.6 Å². The molecule has 0 bridgehead atoms. The lowest BCUT2D eigenvalue weighted by atomic mass is 10.2. The summed E-state index contributed by atoms with van der Waals surface area (Å²) < 4.78 is -1.79. The summed E-state index contributed by atoms with van der Waals surface area (Å²) >= 11 is 1.44. The highest BCUT2D eigenvalue weighted by Gasteiger charge is 2.45. The first-order valence-electron chi connectivity index (χ1n) is 7.56. The number of nitro benzene ring substituents is 2. The number of nitrogens with zero attached hydrogens (tertiary/aromatic N) is 2. The summed E-state index contributed by atoms with van der Waals surface area (Å²) in [5.41, 5.74) is -0.505. The molecule has 0 amide bonds. The molecule has 0 spiro atoms. The van der Waals surface area contributed by atoms with Crippen molar-refractivity contribution in [3.05, 3.63) is 68.8 Å². The summed E-state index contributed by atoms with van der Waals surface area (Å²) in [4.78, 5) is 46.5. The number of Topliss-reactive ketones (excluding diaryl/α,β-unsaturated/α-hetero) is 2. The van der Waals surface area contributed by atoms with Gasteiger partial charge in [0.25, 0.3) is 11.4 Å². The van der Waals surface area contributed by atoms with E-state index in [0.717, 1.165) is 23.5 Å². The van der Waals surface area contributed by atoms with Gasteiger partial charge in [0, 0.05) is 12.1 Å². The van der Waals surface area contributed by atoms with E-state index in [0.29, 0.717) is 0 Å². The van der Waals surface area contributed by atoms with Crippen LogP contribution in [0.1, 0.15) is 13.8 Å². The molecule has 27 heavy (non-hydrogen) atoms. The van der Waals surface area contributed by atoms with E-state index in [9.17, 15) is 29.8 Å². The Kier molecular flexibility index (Phi) is 6.34. The van der Waals surface area contributed by atoms with Crippen molar-refractivity contribution in [3.8, 4) is 0 Å². The molecule has 140 valence electrons. The van der Waals surface area contributed by atoms with E-state index in [1.165, 1.54) is 50.2 Å². The van der Waals surface area contributed by atoms with Gasteiger partial charge in [-0.05, 0) is 26.0 Å². The van der Waals surface area contributed by atoms with Gasteiger partial charge in [0.15, 0.2) is 15.6 Å². The first kappa shape index (κ1) is 20.6. The Labute approximate surface area is 162 Å². The molecule has 0 aliphatic heterocycles. The quantitative estimate of drug-likeness (QED) is 0.210. The minimum Gasteiger partial charge on any atom is -0.297 e. The predicted molar refractivity (Wildman–Crippen MR) is 102 cm³/mol. The topological polar surface area (TPSA) is 120 Å². The molecule has 0 unspecified atom stereocenters. The van der Waals surface area contributed by atoms with Crippen molar-refractivity contribution in [2.75, 3.05) is 0 Å². The summed E-state index contributed by atoms with van der Waals surface area (Å²) in [6.07, 6.45) is 0. The van der Waals surface area contributed by atoms with Crippen molar-refractivity contribution >= 4 is 46.5 Å². The minimum absolute atomic E-state index is 0.124. The fraction of sp³-hybridized carbons (Fsp3) is 0.176. The second-order valence-corrected chi connectivity index (χ2v) is 8.15. The molecule has 0 fully saturated rings. The molecule has 10 heteroatoms. The number of thioether (sulfide) groups is 2. The zero-order chi connectivity index (χ0) is 20.2. The van der Waals surface area contributed by atoms with Gasteiger partial charge in [0.2, 0.25) is 0 Å². The van der Waals surface area contributed by atoms with Gasteiger partial charge >= 0.3 is 0 Å². The molecule has 2 aromatic carbocycles. The van der Waals surface area contributed by atoms with E-state index in [1.807, 2.05) is 0 Å². The lowest BCUT2D eigenvalue weighted by molar-refractivity contribution is -0.387. The van der Waals surface area contributed by atoms with E-state index in [2.05, 4.69) is 0 Å². The third kappa shape index (κ3) is 4.34. The van der Waals surface area contributed by atoms with E-state index in [1.54, 1.807) is 12.1 Å². The Bertz CT molecular complexity index is 856. The number of carbonyl (C=O) groups excluding carboxylic acids is 2. The third-order valence-corrected chi connectivity index (χ3v) is 6.91. The minimum atomic E-state index is -1.79. The lowest BCUT2D eigenvalue weighted by Gasteiger charge is -2.27. The molecular weight excluding hydrogens is 392 g/mol. The van der Waals surface area contributed by atoms with E-state index in [-0.39, 0.29) is 21.2 Å². The molecule has 0 saturated carbocycles. The average molecular weight is 406 g/mol. The maximum Gasteiger partial charge on any atom is 0.282 e. The standard InChI is InChI=1S/C17H14N2O6S2/c1-11(20)17(12(2)21,26-15-9-5-3-7-13(15)18(22)23)27-16-10-6-4-8-14(16)19(24)25/h3-10H,1-2H3. The highest BCUT2D eigenvalue weighted by atomic mass is 32.2. The molecule has 0 saturated heterocycles. The summed E-state index contributed by atoms with van der Waals surface area (Å²) in [6, 6.07) is 11.5. The number of hydrogen-bond acceptors (Lipinski definition) is 8. The number of para-hydroxylation sites is 2. The van der Waals surface area contributed by atoms with Crippen LogP contribution in [-0.4, -0.2) is 25.5 Å². The van der Waals surface area contributed by atoms with Crippen LogP contribution in [0.15, 0.2) is 58.3 Å². The molecule has 2 rings (SSSR count). The maximum absolute atomic E-state index is 12.5. The SMILES string of the molecule is CC(=O)C(Sc1ccccc1[N+](=O)[O-])(Sc1ccccc1[N+](=O)[O-])C(C)=O. The van der Waals surface area contributed by atoms with Gasteiger partial charge < -0.3 is 0 Å². The molecule has 8 nitrogen and oxygen atoms in total. The van der Waals surface area contributed by atoms with Crippen molar-refractivity contribution in [1.29, 1.82) is 0 Å². The fourth-order valence-electron chi connectivity index (χ4n) is 2.25. The van der Waals surface area contributed by atoms with Crippen LogP contribution < -0.4 is 0 Å². The maximum atomic E-state index is 12.5. The summed E-state index contributed by atoms with van der Waals surface area (Å²) in [5.74, 6) is -1.14. The van der Waals surface area contributed by atoms with Crippen molar-refractivity contribution in [2.45, 2.75) is 27.7 Å². The summed E-state index contributed by atoms with van der Waals surface area (Å²) in [5, 5.41) is 22.6. The van der Waals surface area contributed by atoms with Crippen LogP contribution in [0.5, 0.6) is 0 Å². The third-order valence-electron chi connectivity index (χ3n) is 3.56. The van der Waals surface area contributed by atoms with Crippen LogP contribution in [0.25, 0.3) is 0 Å². The van der Waals surface area contributed by atoms with E-state index in [4.69, 9.17) is 0 Å². The van der Waals surface area contributed by atoms with Crippen LogP contribution in [0, 0.1) is 20.2 Å². The molecule has 0 aromatic heterocycles. The van der Waals surface area contributed by atoms with Gasteiger partial charge in [0.1, 0.15) is 0 Å². The first-order chi connectivity index (χ1) is 12.7. The zero-order valence-corrected chi connectivity index (χ0v) is 15.9. The number of hydrogen-bond donors (Lipinski definition) is 0. The van der Waals surface area contributed by atoms with Crippen LogP contribution in [0.3, 0.4) is 0 Å². The monoisotopic (exact) mass is 406 g/mol. The van der Waals surface area contributed by atoms with Crippen LogP contribution in [0.4, 0.5) is 11.4 Å². The van der Waals surface area contributed by atoms with Crippen molar-refractivity contribution in [2.24, 2.45) is 0 Å². The molecule has 0 aliphatic carbocycles. The average Bonchev–Trinajstić information content (AvgIpc) is 2.61. The largest absolute Gasteiger partial charge is 0.297 e. The van der Waals surface area contributed by atoms with Crippen molar-refractivity contribution < 1.29 is 19.4 Å². The molecule has 0 atom stereocenters. The van der Waals surface area contributed by atoms with Gasteiger partial charge in [-0.25, -0.2) is 0 Å². The van der Waals surface area contributed by atoms with Gasteiger partial charge in [-0.2, -0.15) is 0 Å². The molecular formula is C17H14N2O6S2. The molecule has 0 radical (unpaired) electrons. The summed E-state index contributed by atoms with van der Waals surface area (Å²) in [6.45, 7) is 2.37. The predicted octanol–water partition coefficient (Wildman–Crippen LogP) is 4.26. The number of benzene rings is 2. The number of ketones is 2. The zero-order valence-electron chi connectivity index (χ0n) is 14.3. The summed E-state index contributed by atoms with van der Waals surface area (Å²) in [7, 11) is 0. The van der Waals surface area contributed by atoms with Gasteiger partial charge in [-0.15, -0.1) is 0 Å². The fourth-order valence-corrected chi connectivity index (χ4v) is 4.94. The highest BCUT2D eigenvalue weighted by molar-refractivity contribution is 8.20. The van der Waals surface area contributed by atoms with Crippen molar-refractivity contribution in [3.63, 3.8) is 0 Å². The van der Waals surface area contributed by atoms with E-state index < -0.39 is 25.5 Å². The van der Waals surface area contributed by atoms with E-state index >= 15 is 0 Å². The molecule has 0 N–H and O–H groups in total. The Hall–Kier alpha value is -2.72. The van der Waals surface area contributed by atoms with Crippen molar-refractivity contribution in [1.82, 2.24) is 0 Å². The van der Waals surface area contributed by atoms with Gasteiger partial charge in [-0.3, -0.25) is 29.8 Å². The lowest BCUT2D eigenvalue weighted by Crippen LogP contribution is -2.37. The van der Waals surface area contributed by atoms with Crippen LogP contribution >= 0.6 is 23.5 Å². The van der Waals surface area contributed by atoms with Gasteiger partial charge in [-0.1, -0.05) is 47.8 Å². The van der Waals surface area contributed by atoms with Crippen LogP contribution in [-0.2, 0) is 9.59 Å². The Morgan fingerprint density at radius 3 is 1.41 bits per heavy atom. The molecule has 0 heterocycles. The van der Waals surface area contributed by atoms with Crippen LogP contribution in [0.2, 0.25) is 0 Å².